The summed E-state index contributed by atoms with van der Waals surface area (Å²) in [6.45, 7) is 2.17. The number of piperidine rings is 1. The minimum atomic E-state index is -0.628. The molecular weight excluding hydrogens is 405 g/mol. The van der Waals surface area contributed by atoms with E-state index in [-0.39, 0.29) is 29.2 Å². The maximum atomic E-state index is 13.2. The summed E-state index contributed by atoms with van der Waals surface area (Å²) in [6.07, 6.45) is 4.13. The standard InChI is InChI=1S/C20H20FN7OS/c21-14-1-3-15(4-2-14)25-20-17(19(23)29)10-28(26-20)18-11-27(6-5-13(18)7-22)9-16-8-24-12-30-16/h1-4,8,10,12-13,18H,5-6,9,11H2,(H2,23,29)(H,25,26)/t13-,18+/m1/s1. The van der Waals surface area contributed by atoms with Gasteiger partial charge in [-0.3, -0.25) is 19.4 Å². The number of nitriles is 1. The van der Waals surface area contributed by atoms with Crippen molar-refractivity contribution in [1.82, 2.24) is 19.7 Å². The molecule has 3 N–H and O–H groups in total. The van der Waals surface area contributed by atoms with E-state index < -0.39 is 5.91 Å². The molecule has 0 radical (unpaired) electrons. The second-order valence-electron chi connectivity index (χ2n) is 7.16. The number of primary amides is 1. The molecule has 1 saturated heterocycles. The van der Waals surface area contributed by atoms with E-state index in [1.165, 1.54) is 12.1 Å². The predicted octanol–water partition coefficient (Wildman–Crippen LogP) is 2.91. The number of carbonyl (C=O) groups is 1. The van der Waals surface area contributed by atoms with E-state index in [0.717, 1.165) is 18.0 Å². The molecule has 0 aliphatic carbocycles. The topological polar surface area (TPSA) is 113 Å². The lowest BCUT2D eigenvalue weighted by molar-refractivity contribution is 0.1000. The summed E-state index contributed by atoms with van der Waals surface area (Å²) in [5, 5.41) is 17.2. The summed E-state index contributed by atoms with van der Waals surface area (Å²) in [6, 6.07) is 7.87. The molecule has 1 fully saturated rings. The van der Waals surface area contributed by atoms with Gasteiger partial charge in [0.25, 0.3) is 5.91 Å². The zero-order chi connectivity index (χ0) is 21.1. The molecule has 1 aliphatic rings. The van der Waals surface area contributed by atoms with Gasteiger partial charge in [0.05, 0.1) is 23.5 Å². The van der Waals surface area contributed by atoms with E-state index in [9.17, 15) is 14.4 Å². The summed E-state index contributed by atoms with van der Waals surface area (Å²) in [5.74, 6) is -0.939. The van der Waals surface area contributed by atoms with E-state index in [4.69, 9.17) is 5.73 Å². The number of thiazole rings is 1. The van der Waals surface area contributed by atoms with Gasteiger partial charge in [0.2, 0.25) is 0 Å². The van der Waals surface area contributed by atoms with Gasteiger partial charge in [0.15, 0.2) is 5.82 Å². The number of carbonyl (C=O) groups excluding carboxylic acids is 1. The number of nitrogens with zero attached hydrogens (tertiary/aromatic N) is 5. The van der Waals surface area contributed by atoms with Gasteiger partial charge in [-0.25, -0.2) is 4.39 Å². The van der Waals surface area contributed by atoms with Crippen LogP contribution in [0.15, 0.2) is 42.2 Å². The summed E-state index contributed by atoms with van der Waals surface area (Å²) in [7, 11) is 0. The Hall–Kier alpha value is -3.29. The van der Waals surface area contributed by atoms with Crippen molar-refractivity contribution in [3.8, 4) is 6.07 Å². The highest BCUT2D eigenvalue weighted by Gasteiger charge is 2.32. The molecule has 30 heavy (non-hydrogen) atoms. The molecular formula is C20H20FN7OS. The lowest BCUT2D eigenvalue weighted by Gasteiger charge is -2.35. The zero-order valence-electron chi connectivity index (χ0n) is 16.0. The van der Waals surface area contributed by atoms with Gasteiger partial charge in [0.1, 0.15) is 11.4 Å². The van der Waals surface area contributed by atoms with E-state index in [2.05, 4.69) is 26.4 Å². The van der Waals surface area contributed by atoms with Crippen LogP contribution in [0.4, 0.5) is 15.9 Å². The van der Waals surface area contributed by atoms with Gasteiger partial charge < -0.3 is 11.1 Å². The molecule has 1 aliphatic heterocycles. The molecule has 0 unspecified atom stereocenters. The molecule has 2 atom stereocenters. The average molecular weight is 425 g/mol. The van der Waals surface area contributed by atoms with Gasteiger partial charge in [-0.05, 0) is 37.2 Å². The minimum absolute atomic E-state index is 0.218. The predicted molar refractivity (Wildman–Crippen MR) is 111 cm³/mol. The van der Waals surface area contributed by atoms with Gasteiger partial charge in [-0.2, -0.15) is 10.4 Å². The maximum Gasteiger partial charge on any atom is 0.254 e. The number of hydrogen-bond donors (Lipinski definition) is 2. The van der Waals surface area contributed by atoms with Crippen molar-refractivity contribution >= 4 is 28.7 Å². The first-order valence-electron chi connectivity index (χ1n) is 9.44. The number of anilines is 2. The molecule has 3 aromatic rings. The molecule has 1 amide bonds. The van der Waals surface area contributed by atoms with Crippen LogP contribution >= 0.6 is 11.3 Å². The van der Waals surface area contributed by atoms with E-state index in [0.29, 0.717) is 18.7 Å². The lowest BCUT2D eigenvalue weighted by Crippen LogP contribution is -2.40. The Kier molecular flexibility index (Phi) is 5.74. The van der Waals surface area contributed by atoms with Crippen LogP contribution in [0.1, 0.15) is 27.7 Å². The Morgan fingerprint density at radius 3 is 2.87 bits per heavy atom. The molecule has 0 spiro atoms. The number of rotatable bonds is 6. The third-order valence-corrected chi connectivity index (χ3v) is 5.90. The van der Waals surface area contributed by atoms with Crippen LogP contribution in [0.3, 0.4) is 0 Å². The Morgan fingerprint density at radius 1 is 1.40 bits per heavy atom. The summed E-state index contributed by atoms with van der Waals surface area (Å²) < 4.78 is 14.8. The summed E-state index contributed by atoms with van der Waals surface area (Å²) in [5.41, 5.74) is 8.15. The fourth-order valence-corrected chi connectivity index (χ4v) is 4.24. The SMILES string of the molecule is N#C[C@H]1CCN(Cc2cncs2)C[C@@H]1n1cc(C(N)=O)c(Nc2ccc(F)cc2)n1. The molecule has 1 aromatic carbocycles. The smallest absolute Gasteiger partial charge is 0.254 e. The van der Waals surface area contributed by atoms with Crippen molar-refractivity contribution in [2.24, 2.45) is 11.7 Å². The van der Waals surface area contributed by atoms with Crippen LogP contribution in [-0.2, 0) is 6.54 Å². The normalized spacial score (nSPS) is 19.3. The van der Waals surface area contributed by atoms with Crippen molar-refractivity contribution in [3.05, 3.63) is 58.4 Å². The van der Waals surface area contributed by atoms with Crippen LogP contribution in [0.25, 0.3) is 0 Å². The fourth-order valence-electron chi connectivity index (χ4n) is 3.60. The first-order chi connectivity index (χ1) is 14.5. The zero-order valence-corrected chi connectivity index (χ0v) is 16.8. The molecule has 3 heterocycles. The highest BCUT2D eigenvalue weighted by molar-refractivity contribution is 7.09. The van der Waals surface area contributed by atoms with E-state index >= 15 is 0 Å². The number of hydrogen-bond acceptors (Lipinski definition) is 7. The van der Waals surface area contributed by atoms with Crippen LogP contribution in [0.5, 0.6) is 0 Å². The Balaban J connectivity index is 1.59. The number of halogens is 1. The van der Waals surface area contributed by atoms with Crippen molar-refractivity contribution in [2.75, 3.05) is 18.4 Å². The first kappa shape index (κ1) is 20.0. The highest BCUT2D eigenvalue weighted by Crippen LogP contribution is 2.30. The molecule has 154 valence electrons. The second kappa shape index (κ2) is 8.61. The molecule has 0 saturated carbocycles. The largest absolute Gasteiger partial charge is 0.365 e. The molecule has 0 bridgehead atoms. The Morgan fingerprint density at radius 2 is 2.20 bits per heavy atom. The monoisotopic (exact) mass is 425 g/mol. The molecule has 4 rings (SSSR count). The van der Waals surface area contributed by atoms with Crippen LogP contribution in [-0.4, -0.2) is 38.7 Å². The first-order valence-corrected chi connectivity index (χ1v) is 10.3. The van der Waals surface area contributed by atoms with Crippen molar-refractivity contribution < 1.29 is 9.18 Å². The van der Waals surface area contributed by atoms with Gasteiger partial charge in [0, 0.05) is 36.0 Å². The minimum Gasteiger partial charge on any atom is -0.365 e. The van der Waals surface area contributed by atoms with E-state index in [1.807, 2.05) is 6.20 Å². The number of amides is 1. The van der Waals surface area contributed by atoms with Crippen molar-refractivity contribution in [2.45, 2.75) is 19.0 Å². The lowest BCUT2D eigenvalue weighted by atomic mass is 9.93. The van der Waals surface area contributed by atoms with Gasteiger partial charge in [-0.1, -0.05) is 0 Å². The number of benzene rings is 1. The number of aromatic nitrogens is 3. The van der Waals surface area contributed by atoms with Crippen molar-refractivity contribution in [3.63, 3.8) is 0 Å². The van der Waals surface area contributed by atoms with Gasteiger partial charge >= 0.3 is 0 Å². The quantitative estimate of drug-likeness (QED) is 0.628. The number of likely N-dealkylation sites (tertiary alicyclic amines) is 1. The highest BCUT2D eigenvalue weighted by atomic mass is 32.1. The van der Waals surface area contributed by atoms with Crippen LogP contribution in [0.2, 0.25) is 0 Å². The average Bonchev–Trinajstić information content (AvgIpc) is 3.40. The third-order valence-electron chi connectivity index (χ3n) is 5.14. The molecule has 2 aromatic heterocycles. The molecule has 10 heteroatoms. The Labute approximate surface area is 176 Å². The van der Waals surface area contributed by atoms with Gasteiger partial charge in [-0.15, -0.1) is 11.3 Å². The van der Waals surface area contributed by atoms with Crippen molar-refractivity contribution in [1.29, 1.82) is 5.26 Å². The summed E-state index contributed by atoms with van der Waals surface area (Å²) in [4.78, 5) is 19.5. The van der Waals surface area contributed by atoms with Crippen LogP contribution < -0.4 is 11.1 Å². The second-order valence-corrected chi connectivity index (χ2v) is 8.13. The van der Waals surface area contributed by atoms with Crippen LogP contribution in [0, 0.1) is 23.1 Å². The summed E-state index contributed by atoms with van der Waals surface area (Å²) >= 11 is 1.59. The van der Waals surface area contributed by atoms with E-state index in [1.54, 1.807) is 39.9 Å². The molecule has 8 nitrogen and oxygen atoms in total. The fraction of sp³-hybridized carbons (Fsp3) is 0.300. The Bertz CT molecular complexity index is 1060. The number of nitrogens with one attached hydrogen (secondary N) is 1. The maximum absolute atomic E-state index is 13.2. The third kappa shape index (κ3) is 4.32. The number of nitrogens with two attached hydrogens (primary N) is 1.